The molecule has 8 heteroatoms. The maximum Gasteiger partial charge on any atom is 0.256 e. The predicted octanol–water partition coefficient (Wildman–Crippen LogP) is -0.980. The number of aryl methyl sites for hydroxylation is 1. The van der Waals surface area contributed by atoms with Gasteiger partial charge in [0.05, 0.1) is 6.20 Å². The van der Waals surface area contributed by atoms with Gasteiger partial charge in [0.1, 0.15) is 4.90 Å². The standard InChI is InChI=1S/C8H16N4O3S/c1-11(2)10-16(14,15)8-6-9-12(7-8)4-3-5-13/h6-7,10,13H,3-5H2,1-2H3. The topological polar surface area (TPSA) is 87.5 Å². The van der Waals surface area contributed by atoms with E-state index < -0.39 is 10.0 Å². The largest absolute Gasteiger partial charge is 0.396 e. The third kappa shape index (κ3) is 3.56. The van der Waals surface area contributed by atoms with Crippen LogP contribution in [0.1, 0.15) is 6.42 Å². The minimum Gasteiger partial charge on any atom is -0.396 e. The van der Waals surface area contributed by atoms with Crippen LogP contribution in [0.15, 0.2) is 17.3 Å². The monoisotopic (exact) mass is 248 g/mol. The Hall–Kier alpha value is -0.960. The Labute approximate surface area is 94.7 Å². The van der Waals surface area contributed by atoms with Gasteiger partial charge in [-0.1, -0.05) is 0 Å². The van der Waals surface area contributed by atoms with E-state index in [1.165, 1.54) is 22.1 Å². The van der Waals surface area contributed by atoms with Crippen molar-refractivity contribution in [2.45, 2.75) is 17.9 Å². The Morgan fingerprint density at radius 1 is 1.56 bits per heavy atom. The first-order chi connectivity index (χ1) is 7.45. The molecule has 0 fully saturated rings. The summed E-state index contributed by atoms with van der Waals surface area (Å²) < 4.78 is 24.8. The third-order valence-corrected chi connectivity index (χ3v) is 3.20. The van der Waals surface area contributed by atoms with Crippen molar-refractivity contribution in [1.29, 1.82) is 0 Å². The lowest BCUT2D eigenvalue weighted by molar-refractivity contribution is 0.277. The van der Waals surface area contributed by atoms with E-state index in [0.717, 1.165) is 0 Å². The second-order valence-electron chi connectivity index (χ2n) is 3.51. The molecule has 7 nitrogen and oxygen atoms in total. The van der Waals surface area contributed by atoms with E-state index in [-0.39, 0.29) is 11.5 Å². The van der Waals surface area contributed by atoms with Crippen LogP contribution in [0, 0.1) is 0 Å². The molecular weight excluding hydrogens is 232 g/mol. The molecule has 0 amide bonds. The van der Waals surface area contributed by atoms with E-state index in [9.17, 15) is 8.42 Å². The van der Waals surface area contributed by atoms with E-state index >= 15 is 0 Å². The third-order valence-electron chi connectivity index (χ3n) is 1.77. The van der Waals surface area contributed by atoms with Gasteiger partial charge in [0, 0.05) is 33.4 Å². The van der Waals surface area contributed by atoms with Crippen molar-refractivity contribution in [2.24, 2.45) is 0 Å². The zero-order valence-corrected chi connectivity index (χ0v) is 10.1. The molecule has 0 radical (unpaired) electrons. The van der Waals surface area contributed by atoms with Crippen molar-refractivity contribution in [3.05, 3.63) is 12.4 Å². The van der Waals surface area contributed by atoms with Gasteiger partial charge in [-0.2, -0.15) is 5.10 Å². The van der Waals surface area contributed by atoms with Crippen molar-refractivity contribution in [3.8, 4) is 0 Å². The second kappa shape index (κ2) is 5.39. The fraction of sp³-hybridized carbons (Fsp3) is 0.625. The summed E-state index contributed by atoms with van der Waals surface area (Å²) in [5.74, 6) is 0. The second-order valence-corrected chi connectivity index (χ2v) is 5.17. The van der Waals surface area contributed by atoms with Crippen molar-refractivity contribution >= 4 is 10.0 Å². The lowest BCUT2D eigenvalue weighted by atomic mass is 10.5. The first-order valence-electron chi connectivity index (χ1n) is 4.79. The maximum atomic E-state index is 11.7. The molecule has 1 heterocycles. The number of nitrogens with zero attached hydrogens (tertiary/aromatic N) is 3. The molecule has 0 atom stereocenters. The van der Waals surface area contributed by atoms with Crippen molar-refractivity contribution < 1.29 is 13.5 Å². The number of aliphatic hydroxyl groups is 1. The van der Waals surface area contributed by atoms with Crippen LogP contribution in [0.25, 0.3) is 0 Å². The number of aliphatic hydroxyl groups excluding tert-OH is 1. The molecule has 0 saturated heterocycles. The Morgan fingerprint density at radius 3 is 2.81 bits per heavy atom. The Kier molecular flexibility index (Phi) is 4.42. The minimum absolute atomic E-state index is 0.0535. The van der Waals surface area contributed by atoms with Crippen molar-refractivity contribution in [1.82, 2.24) is 19.6 Å². The fourth-order valence-corrected chi connectivity index (χ4v) is 2.16. The molecule has 0 aliphatic rings. The van der Waals surface area contributed by atoms with E-state index in [4.69, 9.17) is 5.11 Å². The highest BCUT2D eigenvalue weighted by Gasteiger charge is 2.16. The summed E-state index contributed by atoms with van der Waals surface area (Å²) in [7, 11) is -0.352. The number of hydrogen-bond donors (Lipinski definition) is 2. The lowest BCUT2D eigenvalue weighted by Crippen LogP contribution is -2.35. The van der Waals surface area contributed by atoms with Gasteiger partial charge >= 0.3 is 0 Å². The van der Waals surface area contributed by atoms with Gasteiger partial charge in [-0.05, 0) is 6.42 Å². The summed E-state index contributed by atoms with van der Waals surface area (Å²) in [6, 6.07) is 0. The summed E-state index contributed by atoms with van der Waals surface area (Å²) in [6.45, 7) is 0.547. The molecule has 0 bridgehead atoms. The zero-order valence-electron chi connectivity index (χ0n) is 9.29. The Morgan fingerprint density at radius 2 is 2.25 bits per heavy atom. The fourth-order valence-electron chi connectivity index (χ4n) is 1.13. The van der Waals surface area contributed by atoms with E-state index in [1.54, 1.807) is 14.1 Å². The molecule has 16 heavy (non-hydrogen) atoms. The van der Waals surface area contributed by atoms with Gasteiger partial charge in [0.25, 0.3) is 10.0 Å². The molecule has 2 N–H and O–H groups in total. The summed E-state index contributed by atoms with van der Waals surface area (Å²) in [6.07, 6.45) is 3.26. The zero-order chi connectivity index (χ0) is 12.2. The highest BCUT2D eigenvalue weighted by atomic mass is 32.2. The molecule has 1 aromatic heterocycles. The smallest absolute Gasteiger partial charge is 0.256 e. The van der Waals surface area contributed by atoms with Crippen LogP contribution < -0.4 is 4.83 Å². The Bertz CT molecular complexity index is 426. The van der Waals surface area contributed by atoms with Crippen LogP contribution in [0.5, 0.6) is 0 Å². The summed E-state index contributed by atoms with van der Waals surface area (Å²) in [5.41, 5.74) is 0. The normalized spacial score (nSPS) is 12.2. The summed E-state index contributed by atoms with van der Waals surface area (Å²) in [4.78, 5) is 2.42. The van der Waals surface area contributed by atoms with Gasteiger partial charge in [-0.15, -0.1) is 4.83 Å². The number of nitrogens with one attached hydrogen (secondary N) is 1. The number of aromatic nitrogens is 2. The summed E-state index contributed by atoms with van der Waals surface area (Å²) in [5, 5.41) is 13.9. The quantitative estimate of drug-likeness (QED) is 0.632. The molecule has 0 unspecified atom stereocenters. The van der Waals surface area contributed by atoms with Crippen LogP contribution in [-0.2, 0) is 16.6 Å². The molecule has 1 rings (SSSR count). The van der Waals surface area contributed by atoms with Crippen LogP contribution in [0.3, 0.4) is 0 Å². The maximum absolute atomic E-state index is 11.7. The summed E-state index contributed by atoms with van der Waals surface area (Å²) >= 11 is 0. The van der Waals surface area contributed by atoms with Crippen molar-refractivity contribution in [2.75, 3.05) is 20.7 Å². The molecule has 0 aliphatic heterocycles. The average Bonchev–Trinajstić information content (AvgIpc) is 2.61. The highest BCUT2D eigenvalue weighted by Crippen LogP contribution is 2.07. The average molecular weight is 248 g/mol. The first kappa shape index (κ1) is 13.1. The van der Waals surface area contributed by atoms with Crippen molar-refractivity contribution in [3.63, 3.8) is 0 Å². The Balaban J connectivity index is 2.77. The first-order valence-corrected chi connectivity index (χ1v) is 6.27. The van der Waals surface area contributed by atoms with Gasteiger partial charge in [-0.25, -0.2) is 13.4 Å². The SMILES string of the molecule is CN(C)NS(=O)(=O)c1cnn(CCCO)c1. The number of hydrazine groups is 1. The molecule has 0 saturated carbocycles. The van der Waals surface area contributed by atoms with Gasteiger partial charge in [0.2, 0.25) is 0 Å². The van der Waals surface area contributed by atoms with Crippen LogP contribution in [-0.4, -0.2) is 49.0 Å². The lowest BCUT2D eigenvalue weighted by Gasteiger charge is -2.10. The van der Waals surface area contributed by atoms with Crippen LogP contribution in [0.4, 0.5) is 0 Å². The van der Waals surface area contributed by atoms with Gasteiger partial charge in [-0.3, -0.25) is 4.68 Å². The molecule has 1 aromatic rings. The van der Waals surface area contributed by atoms with Gasteiger partial charge < -0.3 is 5.11 Å². The number of sulfonamides is 1. The van der Waals surface area contributed by atoms with Gasteiger partial charge in [0.15, 0.2) is 0 Å². The molecular formula is C8H16N4O3S. The van der Waals surface area contributed by atoms with E-state index in [1.807, 2.05) is 0 Å². The molecule has 0 aromatic carbocycles. The van der Waals surface area contributed by atoms with Crippen LogP contribution in [0.2, 0.25) is 0 Å². The van der Waals surface area contributed by atoms with Crippen LogP contribution >= 0.6 is 0 Å². The molecule has 0 aliphatic carbocycles. The number of hydrogen-bond acceptors (Lipinski definition) is 5. The number of rotatable bonds is 6. The minimum atomic E-state index is -3.53. The van der Waals surface area contributed by atoms with E-state index in [2.05, 4.69) is 9.93 Å². The molecule has 92 valence electrons. The highest BCUT2D eigenvalue weighted by molar-refractivity contribution is 7.89. The molecule has 0 spiro atoms. The van der Waals surface area contributed by atoms with E-state index in [0.29, 0.717) is 13.0 Å². The predicted molar refractivity (Wildman–Crippen MR) is 57.9 cm³/mol.